The van der Waals surface area contributed by atoms with E-state index in [-0.39, 0.29) is 0 Å². The monoisotopic (exact) mass is 152 g/mol. The smallest absolute Gasteiger partial charge is 0.0641 e. The molecule has 0 spiro atoms. The average Bonchev–Trinajstić information content (AvgIpc) is 1.94. The molecule has 0 aromatic heterocycles. The van der Waals surface area contributed by atoms with Gasteiger partial charge in [0, 0.05) is 12.0 Å². The molecule has 4 unspecified atom stereocenters. The lowest BCUT2D eigenvalue weighted by atomic mass is 9.32. The Kier molecular flexibility index (Phi) is 0.893. The summed E-state index contributed by atoms with van der Waals surface area (Å²) in [6.45, 7) is 5.91. The Labute approximate surface area is 68.1 Å². The molecule has 0 N–H and O–H groups in total. The minimum absolute atomic E-state index is 0.589. The maximum atomic E-state index is 5.75. The van der Waals surface area contributed by atoms with Crippen molar-refractivity contribution >= 4 is 0 Å². The lowest BCUT2D eigenvalue weighted by Gasteiger charge is -2.75. The van der Waals surface area contributed by atoms with Gasteiger partial charge >= 0.3 is 0 Å². The molecule has 3 aliphatic rings. The van der Waals surface area contributed by atoms with Crippen LogP contribution in [0.15, 0.2) is 0 Å². The first kappa shape index (κ1) is 6.47. The van der Waals surface area contributed by atoms with E-state index < -0.39 is 0 Å². The summed E-state index contributed by atoms with van der Waals surface area (Å²) < 4.78 is 5.75. The normalized spacial score (nSPS) is 66.0. The predicted octanol–water partition coefficient (Wildman–Crippen LogP) is 2.21. The van der Waals surface area contributed by atoms with Gasteiger partial charge < -0.3 is 4.74 Å². The van der Waals surface area contributed by atoms with Gasteiger partial charge in [0.2, 0.25) is 0 Å². The van der Waals surface area contributed by atoms with E-state index >= 15 is 0 Å². The maximum absolute atomic E-state index is 5.75. The van der Waals surface area contributed by atoms with E-state index in [2.05, 4.69) is 13.8 Å². The topological polar surface area (TPSA) is 9.23 Å². The molecule has 0 radical (unpaired) electrons. The van der Waals surface area contributed by atoms with Crippen LogP contribution in [0.2, 0.25) is 0 Å². The van der Waals surface area contributed by atoms with Crippen molar-refractivity contribution in [1.29, 1.82) is 0 Å². The first-order chi connectivity index (χ1) is 5.17. The Morgan fingerprint density at radius 1 is 1.27 bits per heavy atom. The van der Waals surface area contributed by atoms with Gasteiger partial charge in [-0.1, -0.05) is 13.8 Å². The molecule has 1 nitrogen and oxygen atoms in total. The Morgan fingerprint density at radius 3 is 2.64 bits per heavy atom. The van der Waals surface area contributed by atoms with E-state index in [9.17, 15) is 0 Å². The third kappa shape index (κ3) is 0.462. The molecule has 1 heterocycles. The zero-order valence-corrected chi connectivity index (χ0v) is 7.39. The second kappa shape index (κ2) is 1.52. The zero-order chi connectivity index (χ0) is 7.69. The van der Waals surface area contributed by atoms with Crippen molar-refractivity contribution in [2.24, 2.45) is 16.7 Å². The van der Waals surface area contributed by atoms with Crippen LogP contribution in [0, 0.1) is 16.7 Å². The van der Waals surface area contributed by atoms with E-state index in [1.54, 1.807) is 0 Å². The summed E-state index contributed by atoms with van der Waals surface area (Å²) in [5.41, 5.74) is 1.26. The standard InChI is InChI=1S/C10H16O/c1-9-5-7-3-4-11-8(6-9)10(7,9)2/h7-8H,3-6H2,1-2H3. The molecule has 3 fully saturated rings. The van der Waals surface area contributed by atoms with E-state index in [4.69, 9.17) is 4.74 Å². The Balaban J connectivity index is 1.96. The molecular weight excluding hydrogens is 136 g/mol. The Morgan fingerprint density at radius 2 is 2.09 bits per heavy atom. The van der Waals surface area contributed by atoms with Crippen molar-refractivity contribution in [2.75, 3.05) is 6.61 Å². The van der Waals surface area contributed by atoms with E-state index in [1.807, 2.05) is 0 Å². The van der Waals surface area contributed by atoms with Crippen LogP contribution >= 0.6 is 0 Å². The summed E-state index contributed by atoms with van der Waals surface area (Å²) >= 11 is 0. The molecule has 0 bridgehead atoms. The van der Waals surface area contributed by atoms with Crippen molar-refractivity contribution in [2.45, 2.75) is 39.2 Å². The minimum atomic E-state index is 0.589. The van der Waals surface area contributed by atoms with Crippen LogP contribution in [0.3, 0.4) is 0 Å². The second-order valence-electron chi connectivity index (χ2n) is 5.10. The van der Waals surface area contributed by atoms with Crippen molar-refractivity contribution in [3.8, 4) is 0 Å². The molecule has 0 aromatic carbocycles. The van der Waals surface area contributed by atoms with Crippen LogP contribution in [0.4, 0.5) is 0 Å². The summed E-state index contributed by atoms with van der Waals surface area (Å²) in [5.74, 6) is 1.000. The summed E-state index contributed by atoms with van der Waals surface area (Å²) in [5, 5.41) is 0. The van der Waals surface area contributed by atoms with E-state index in [0.29, 0.717) is 16.9 Å². The van der Waals surface area contributed by atoms with Crippen molar-refractivity contribution in [3.05, 3.63) is 0 Å². The van der Waals surface area contributed by atoms with E-state index in [1.165, 1.54) is 19.3 Å². The highest BCUT2D eigenvalue weighted by Crippen LogP contribution is 2.75. The fourth-order valence-corrected chi connectivity index (χ4v) is 3.77. The maximum Gasteiger partial charge on any atom is 0.0641 e. The first-order valence-corrected chi connectivity index (χ1v) is 4.78. The van der Waals surface area contributed by atoms with Gasteiger partial charge in [0.05, 0.1) is 6.10 Å². The number of rotatable bonds is 0. The highest BCUT2D eigenvalue weighted by molar-refractivity contribution is 5.21. The first-order valence-electron chi connectivity index (χ1n) is 4.78. The third-order valence-corrected chi connectivity index (χ3v) is 4.94. The van der Waals surface area contributed by atoms with Crippen LogP contribution in [0.1, 0.15) is 33.1 Å². The number of hydrogen-bond acceptors (Lipinski definition) is 1. The lowest BCUT2D eigenvalue weighted by Crippen LogP contribution is -2.73. The molecule has 2 saturated carbocycles. The average molecular weight is 152 g/mol. The minimum Gasteiger partial charge on any atom is -0.378 e. The predicted molar refractivity (Wildman–Crippen MR) is 43.3 cm³/mol. The quantitative estimate of drug-likeness (QED) is 0.517. The molecule has 2 aliphatic carbocycles. The Bertz CT molecular complexity index is 195. The molecule has 1 aliphatic heterocycles. The summed E-state index contributed by atoms with van der Waals surface area (Å²) in [6, 6.07) is 0. The SMILES string of the molecule is CC12CC3CCOC(C1)C32C. The highest BCUT2D eigenvalue weighted by Gasteiger charge is 2.72. The van der Waals surface area contributed by atoms with Crippen LogP contribution in [0.5, 0.6) is 0 Å². The van der Waals surface area contributed by atoms with Crippen molar-refractivity contribution < 1.29 is 4.74 Å². The van der Waals surface area contributed by atoms with E-state index in [0.717, 1.165) is 12.5 Å². The largest absolute Gasteiger partial charge is 0.378 e. The van der Waals surface area contributed by atoms with Crippen LogP contribution in [-0.2, 0) is 4.74 Å². The van der Waals surface area contributed by atoms with Gasteiger partial charge in [-0.25, -0.2) is 0 Å². The van der Waals surface area contributed by atoms with Crippen LogP contribution in [0.25, 0.3) is 0 Å². The van der Waals surface area contributed by atoms with Gasteiger partial charge in [-0.05, 0) is 30.6 Å². The molecule has 11 heavy (non-hydrogen) atoms. The lowest BCUT2D eigenvalue weighted by molar-refractivity contribution is -0.328. The van der Waals surface area contributed by atoms with Gasteiger partial charge in [0.25, 0.3) is 0 Å². The van der Waals surface area contributed by atoms with Gasteiger partial charge in [-0.3, -0.25) is 0 Å². The Hall–Kier alpha value is -0.0400. The summed E-state index contributed by atoms with van der Waals surface area (Å²) in [6.07, 6.45) is 4.76. The fourth-order valence-electron chi connectivity index (χ4n) is 3.77. The highest BCUT2D eigenvalue weighted by atomic mass is 16.5. The summed E-state index contributed by atoms with van der Waals surface area (Å²) in [4.78, 5) is 0. The molecular formula is C10H16O. The van der Waals surface area contributed by atoms with Gasteiger partial charge in [0.15, 0.2) is 0 Å². The molecule has 1 saturated heterocycles. The second-order valence-corrected chi connectivity index (χ2v) is 5.10. The molecule has 3 rings (SSSR count). The molecule has 1 heteroatoms. The van der Waals surface area contributed by atoms with Crippen molar-refractivity contribution in [3.63, 3.8) is 0 Å². The van der Waals surface area contributed by atoms with Crippen LogP contribution in [-0.4, -0.2) is 12.7 Å². The zero-order valence-electron chi connectivity index (χ0n) is 7.39. The third-order valence-electron chi connectivity index (χ3n) is 4.94. The van der Waals surface area contributed by atoms with Gasteiger partial charge in [0.1, 0.15) is 0 Å². The molecule has 4 atom stereocenters. The fraction of sp³-hybridized carbons (Fsp3) is 1.00. The van der Waals surface area contributed by atoms with Crippen molar-refractivity contribution in [1.82, 2.24) is 0 Å². The number of hydrogen-bond donors (Lipinski definition) is 0. The van der Waals surface area contributed by atoms with Gasteiger partial charge in [-0.15, -0.1) is 0 Å². The molecule has 0 aromatic rings. The van der Waals surface area contributed by atoms with Crippen LogP contribution < -0.4 is 0 Å². The van der Waals surface area contributed by atoms with Gasteiger partial charge in [-0.2, -0.15) is 0 Å². The summed E-state index contributed by atoms with van der Waals surface area (Å²) in [7, 11) is 0. The molecule has 0 amide bonds. The molecule has 62 valence electrons. The number of ether oxygens (including phenoxy) is 1.